The van der Waals surface area contributed by atoms with Crippen molar-refractivity contribution in [2.45, 2.75) is 13.0 Å². The molecular formula is C19H17I3NNaO5. The van der Waals surface area contributed by atoms with Crippen molar-refractivity contribution in [1.82, 2.24) is 0 Å². The molecule has 0 aromatic heterocycles. The van der Waals surface area contributed by atoms with Crippen LogP contribution in [-0.4, -0.2) is 32.1 Å². The molecular weight excluding hydrogens is 726 g/mol. The number of halogens is 3. The Hall–Kier alpha value is 0.330. The first kappa shape index (κ1) is 27.4. The maximum Gasteiger partial charge on any atom is 1.00 e. The summed E-state index contributed by atoms with van der Waals surface area (Å²) in [4.78, 5) is 24.7. The van der Waals surface area contributed by atoms with Gasteiger partial charge in [-0.25, -0.2) is 0 Å². The van der Waals surface area contributed by atoms with Gasteiger partial charge in [-0.05, 0) is 79.4 Å². The smallest absolute Gasteiger partial charge is 0.547 e. The summed E-state index contributed by atoms with van der Waals surface area (Å²) in [5, 5.41) is 11.4. The minimum atomic E-state index is -1.30. The second kappa shape index (κ2) is 13.0. The average Bonchev–Trinajstić information content (AvgIpc) is 2.63. The minimum absolute atomic E-state index is 0. The van der Waals surface area contributed by atoms with Gasteiger partial charge in [0, 0.05) is 17.5 Å². The van der Waals surface area contributed by atoms with Gasteiger partial charge in [-0.3, -0.25) is 4.79 Å². The van der Waals surface area contributed by atoms with E-state index in [9.17, 15) is 14.7 Å². The number of nitrogens with zero attached hydrogens (tertiary/aromatic N) is 1. The third-order valence-electron chi connectivity index (χ3n) is 3.84. The fourth-order valence-corrected chi connectivity index (χ4v) is 6.80. The van der Waals surface area contributed by atoms with E-state index in [1.54, 1.807) is 42.3 Å². The van der Waals surface area contributed by atoms with E-state index in [0.29, 0.717) is 11.3 Å². The summed E-state index contributed by atoms with van der Waals surface area (Å²) < 4.78 is 14.0. The zero-order valence-corrected chi connectivity index (χ0v) is 24.6. The second-order valence-electron chi connectivity index (χ2n) is 5.74. The summed E-state index contributed by atoms with van der Waals surface area (Å²) >= 11 is 6.51. The molecule has 1 atom stereocenters. The van der Waals surface area contributed by atoms with Gasteiger partial charge in [-0.15, -0.1) is 0 Å². The topological polar surface area (TPSA) is 78.9 Å². The van der Waals surface area contributed by atoms with Crippen LogP contribution in [0.4, 0.5) is 5.69 Å². The molecule has 2 aromatic carbocycles. The number of carbonyl (C=O) groups excluding carboxylic acids is 2. The molecule has 0 heterocycles. The fourth-order valence-electron chi connectivity index (χ4n) is 2.40. The summed E-state index contributed by atoms with van der Waals surface area (Å²) in [6, 6.07) is 10.6. The van der Waals surface area contributed by atoms with Crippen molar-refractivity contribution in [2.24, 2.45) is 0 Å². The first-order valence-electron chi connectivity index (χ1n) is 8.16. The predicted octanol–water partition coefficient (Wildman–Crippen LogP) is 0.374. The van der Waals surface area contributed by atoms with Crippen LogP contribution in [0.15, 0.2) is 36.4 Å². The largest absolute Gasteiger partial charge is 1.00 e. The predicted molar refractivity (Wildman–Crippen MR) is 129 cm³/mol. The number of benzene rings is 2. The van der Waals surface area contributed by atoms with Crippen molar-refractivity contribution in [1.29, 1.82) is 0 Å². The summed E-state index contributed by atoms with van der Waals surface area (Å²) in [6.45, 7) is 1.73. The van der Waals surface area contributed by atoms with E-state index in [1.807, 2.05) is 6.07 Å². The van der Waals surface area contributed by atoms with Gasteiger partial charge in [-0.1, -0.05) is 30.3 Å². The number of hydrogen-bond acceptors (Lipinski definition) is 5. The van der Waals surface area contributed by atoms with Crippen molar-refractivity contribution in [3.8, 4) is 5.75 Å². The normalized spacial score (nSPS) is 11.3. The number of ether oxygens (including phenoxy) is 2. The van der Waals surface area contributed by atoms with E-state index in [-0.39, 0.29) is 48.7 Å². The maximum absolute atomic E-state index is 11.8. The van der Waals surface area contributed by atoms with E-state index < -0.39 is 12.1 Å². The van der Waals surface area contributed by atoms with Crippen molar-refractivity contribution in [3.63, 3.8) is 0 Å². The zero-order valence-electron chi connectivity index (χ0n) is 16.1. The monoisotopic (exact) mass is 743 g/mol. The summed E-state index contributed by atoms with van der Waals surface area (Å²) in [5.74, 6) is -0.737. The Morgan fingerprint density at radius 1 is 1.10 bits per heavy atom. The molecule has 0 fully saturated rings. The van der Waals surface area contributed by atoms with Gasteiger partial charge >= 0.3 is 29.6 Å². The van der Waals surface area contributed by atoms with Gasteiger partial charge in [0.15, 0.2) is 0 Å². The molecule has 1 unspecified atom stereocenters. The minimum Gasteiger partial charge on any atom is -0.547 e. The summed E-state index contributed by atoms with van der Waals surface area (Å²) in [6.07, 6.45) is -1.15. The number of rotatable bonds is 8. The number of hydrogen-bond donors (Lipinski definition) is 0. The van der Waals surface area contributed by atoms with Gasteiger partial charge in [-0.2, -0.15) is 0 Å². The molecule has 0 aliphatic carbocycles. The maximum atomic E-state index is 11.8. The number of aliphatic carboxylic acids is 1. The molecule has 0 aliphatic rings. The van der Waals surface area contributed by atoms with Crippen LogP contribution in [0.5, 0.6) is 5.75 Å². The molecule has 0 spiro atoms. The van der Waals surface area contributed by atoms with Crippen molar-refractivity contribution in [2.75, 3.05) is 25.2 Å². The van der Waals surface area contributed by atoms with Crippen LogP contribution in [0.25, 0.3) is 0 Å². The molecule has 0 saturated heterocycles. The average molecular weight is 743 g/mol. The molecule has 0 N–H and O–H groups in total. The Kier molecular flexibility index (Phi) is 12.3. The molecule has 6 nitrogen and oxygen atoms in total. The molecule has 0 aliphatic heterocycles. The number of amides is 1. The van der Waals surface area contributed by atoms with Gasteiger partial charge in [0.25, 0.3) is 0 Å². The van der Waals surface area contributed by atoms with E-state index >= 15 is 0 Å². The molecule has 2 rings (SSSR count). The van der Waals surface area contributed by atoms with E-state index in [4.69, 9.17) is 9.47 Å². The SMILES string of the molecule is CC(=O)N(C)c1c(I)cc(I)c(OCCOC(C(=O)[O-])c2ccccc2)c1I.[Na+]. The molecule has 0 bridgehead atoms. The van der Waals surface area contributed by atoms with Crippen molar-refractivity contribution >= 4 is 85.3 Å². The van der Waals surface area contributed by atoms with Crippen molar-refractivity contribution < 1.29 is 53.7 Å². The van der Waals surface area contributed by atoms with Gasteiger partial charge in [0.05, 0.1) is 25.4 Å². The van der Waals surface area contributed by atoms with Crippen LogP contribution >= 0.6 is 67.8 Å². The summed E-state index contributed by atoms with van der Waals surface area (Å²) in [7, 11) is 1.71. The Balaban J connectivity index is 0.00000420. The van der Waals surface area contributed by atoms with E-state index in [1.165, 1.54) is 6.92 Å². The standard InChI is InChI=1S/C19H18I3NO5.Na/c1-11(24)23(2)16-13(20)10-14(21)18(15(16)22)28-9-8-27-17(19(25)26)12-6-4-3-5-7-12;/h3-7,10,17H,8-9H2,1-2H3,(H,25,26);/q;+1/p-1. The molecule has 150 valence electrons. The molecule has 10 heteroatoms. The molecule has 0 saturated carbocycles. The Morgan fingerprint density at radius 3 is 2.28 bits per heavy atom. The first-order chi connectivity index (χ1) is 13.2. The van der Waals surface area contributed by atoms with Gasteiger partial charge < -0.3 is 24.3 Å². The van der Waals surface area contributed by atoms with Crippen molar-refractivity contribution in [3.05, 3.63) is 52.7 Å². The number of carboxylic acid groups (broad SMARTS) is 1. The quantitative estimate of drug-likeness (QED) is 0.222. The van der Waals surface area contributed by atoms with Gasteiger partial charge in [0.1, 0.15) is 18.5 Å². The van der Waals surface area contributed by atoms with E-state index in [2.05, 4.69) is 67.8 Å². The molecule has 29 heavy (non-hydrogen) atoms. The second-order valence-corrected chi connectivity index (χ2v) is 9.14. The number of carboxylic acids is 1. The van der Waals surface area contributed by atoms with Crippen LogP contribution in [0.1, 0.15) is 18.6 Å². The van der Waals surface area contributed by atoms with Crippen LogP contribution in [-0.2, 0) is 14.3 Å². The van der Waals surface area contributed by atoms with Crippen LogP contribution in [0, 0.1) is 10.7 Å². The van der Waals surface area contributed by atoms with Crippen LogP contribution in [0.3, 0.4) is 0 Å². The Labute approximate surface area is 232 Å². The molecule has 2 aromatic rings. The fraction of sp³-hybridized carbons (Fsp3) is 0.263. The van der Waals surface area contributed by atoms with Crippen LogP contribution < -0.4 is 44.3 Å². The van der Waals surface area contributed by atoms with Crippen LogP contribution in [0.2, 0.25) is 0 Å². The number of carbonyl (C=O) groups is 2. The number of anilines is 1. The Bertz CT molecular complexity index is 867. The Morgan fingerprint density at radius 2 is 1.72 bits per heavy atom. The van der Waals surface area contributed by atoms with Gasteiger partial charge in [0.2, 0.25) is 5.91 Å². The first-order valence-corrected chi connectivity index (χ1v) is 11.4. The summed E-state index contributed by atoms with van der Waals surface area (Å²) in [5.41, 5.74) is 1.30. The third-order valence-corrected chi connectivity index (χ3v) is 6.47. The van der Waals surface area contributed by atoms with E-state index in [0.717, 1.165) is 16.4 Å². The zero-order chi connectivity index (χ0) is 20.8. The molecule has 0 radical (unpaired) electrons. The third kappa shape index (κ3) is 7.45. The molecule has 1 amide bonds.